The van der Waals surface area contributed by atoms with E-state index in [1.807, 2.05) is 6.20 Å². The van der Waals surface area contributed by atoms with E-state index in [2.05, 4.69) is 73.2 Å². The van der Waals surface area contributed by atoms with E-state index in [0.717, 1.165) is 57.6 Å². The fourth-order valence-corrected chi connectivity index (χ4v) is 3.78. The van der Waals surface area contributed by atoms with Crippen molar-refractivity contribution >= 4 is 23.1 Å². The van der Waals surface area contributed by atoms with Crippen molar-refractivity contribution < 1.29 is 0 Å². The second kappa shape index (κ2) is 10.3. The average molecular weight is 387 g/mol. The van der Waals surface area contributed by atoms with Crippen LogP contribution in [0.5, 0.6) is 0 Å². The summed E-state index contributed by atoms with van der Waals surface area (Å²) < 4.78 is 0. The molecule has 27 heavy (non-hydrogen) atoms. The Balaban J connectivity index is 1.57. The Labute approximate surface area is 166 Å². The number of anilines is 1. The van der Waals surface area contributed by atoms with Gasteiger partial charge in [-0.1, -0.05) is 6.92 Å². The van der Waals surface area contributed by atoms with Gasteiger partial charge in [-0.05, 0) is 53.6 Å². The first-order chi connectivity index (χ1) is 13.3. The molecule has 0 atom stereocenters. The molecule has 0 saturated carbocycles. The second-order valence-electron chi connectivity index (χ2n) is 6.62. The standard InChI is InChI=1S/C20H30N6S/c1-3-21-20(24-15-18-6-12-27-16-18)23-14-17-5-7-22-19(13-17)26-10-8-25(4-2)9-11-26/h5-7,12-13,16H,3-4,8-11,14-15H2,1-2H3,(H2,21,23,24). The van der Waals surface area contributed by atoms with Gasteiger partial charge >= 0.3 is 0 Å². The van der Waals surface area contributed by atoms with E-state index >= 15 is 0 Å². The highest BCUT2D eigenvalue weighted by Crippen LogP contribution is 2.15. The van der Waals surface area contributed by atoms with Crippen LogP contribution in [0, 0.1) is 0 Å². The van der Waals surface area contributed by atoms with Gasteiger partial charge in [-0.15, -0.1) is 0 Å². The molecular weight excluding hydrogens is 356 g/mol. The van der Waals surface area contributed by atoms with Crippen LogP contribution in [0.15, 0.2) is 40.1 Å². The third-order valence-electron chi connectivity index (χ3n) is 4.76. The topological polar surface area (TPSA) is 55.8 Å². The lowest BCUT2D eigenvalue weighted by Crippen LogP contribution is -2.46. The van der Waals surface area contributed by atoms with Gasteiger partial charge in [0.05, 0.1) is 6.54 Å². The maximum atomic E-state index is 4.67. The first-order valence-corrected chi connectivity index (χ1v) is 10.7. The predicted octanol–water partition coefficient (Wildman–Crippen LogP) is 2.54. The van der Waals surface area contributed by atoms with E-state index in [1.54, 1.807) is 11.3 Å². The SMILES string of the molecule is CCNC(=NCc1ccsc1)NCc1ccnc(N2CCN(CC)CC2)c1. The third-order valence-corrected chi connectivity index (χ3v) is 5.49. The third kappa shape index (κ3) is 5.94. The van der Waals surface area contributed by atoms with E-state index in [9.17, 15) is 0 Å². The molecule has 2 aromatic heterocycles. The zero-order valence-electron chi connectivity index (χ0n) is 16.3. The molecule has 0 radical (unpaired) electrons. The lowest BCUT2D eigenvalue weighted by atomic mass is 10.2. The van der Waals surface area contributed by atoms with Crippen molar-refractivity contribution in [2.75, 3.05) is 44.2 Å². The smallest absolute Gasteiger partial charge is 0.191 e. The van der Waals surface area contributed by atoms with E-state index in [-0.39, 0.29) is 0 Å². The maximum absolute atomic E-state index is 4.67. The molecule has 0 amide bonds. The Morgan fingerprint density at radius 1 is 1.15 bits per heavy atom. The van der Waals surface area contributed by atoms with Crippen molar-refractivity contribution in [1.29, 1.82) is 0 Å². The summed E-state index contributed by atoms with van der Waals surface area (Å²) in [7, 11) is 0. The summed E-state index contributed by atoms with van der Waals surface area (Å²) >= 11 is 1.71. The fourth-order valence-electron chi connectivity index (χ4n) is 3.12. The van der Waals surface area contributed by atoms with E-state index in [4.69, 9.17) is 0 Å². The molecule has 1 aliphatic rings. The Morgan fingerprint density at radius 2 is 2.00 bits per heavy atom. The van der Waals surface area contributed by atoms with E-state index < -0.39 is 0 Å². The zero-order chi connectivity index (χ0) is 18.9. The van der Waals surface area contributed by atoms with Gasteiger partial charge in [0, 0.05) is 45.5 Å². The molecule has 1 saturated heterocycles. The number of thiophene rings is 1. The number of piperazine rings is 1. The van der Waals surface area contributed by atoms with Crippen molar-refractivity contribution in [2.45, 2.75) is 26.9 Å². The molecule has 0 spiro atoms. The molecular formula is C20H30N6S. The first kappa shape index (κ1) is 19.6. The minimum Gasteiger partial charge on any atom is -0.357 e. The molecule has 3 rings (SSSR count). The summed E-state index contributed by atoms with van der Waals surface area (Å²) in [6, 6.07) is 6.38. The number of pyridine rings is 1. The molecule has 2 N–H and O–H groups in total. The van der Waals surface area contributed by atoms with Crippen LogP contribution in [0.1, 0.15) is 25.0 Å². The molecule has 0 bridgehead atoms. The zero-order valence-corrected chi connectivity index (χ0v) is 17.1. The molecule has 0 unspecified atom stereocenters. The van der Waals surface area contributed by atoms with Crippen molar-refractivity contribution in [3.63, 3.8) is 0 Å². The normalized spacial score (nSPS) is 15.8. The van der Waals surface area contributed by atoms with Crippen LogP contribution in [-0.2, 0) is 13.1 Å². The van der Waals surface area contributed by atoms with Crippen molar-refractivity contribution in [1.82, 2.24) is 20.5 Å². The molecule has 1 fully saturated rings. The first-order valence-electron chi connectivity index (χ1n) is 9.74. The molecule has 0 aromatic carbocycles. The van der Waals surface area contributed by atoms with E-state index in [0.29, 0.717) is 6.54 Å². The van der Waals surface area contributed by atoms with Crippen LogP contribution >= 0.6 is 11.3 Å². The molecule has 7 heteroatoms. The lowest BCUT2D eigenvalue weighted by molar-refractivity contribution is 0.270. The average Bonchev–Trinajstić information content (AvgIpc) is 3.24. The number of rotatable bonds is 7. The van der Waals surface area contributed by atoms with Gasteiger partial charge < -0.3 is 20.4 Å². The number of hydrogen-bond donors (Lipinski definition) is 2. The minimum atomic E-state index is 0.697. The highest BCUT2D eigenvalue weighted by atomic mass is 32.1. The largest absolute Gasteiger partial charge is 0.357 e. The fraction of sp³-hybridized carbons (Fsp3) is 0.500. The molecule has 146 valence electrons. The Hall–Kier alpha value is -2.12. The highest BCUT2D eigenvalue weighted by Gasteiger charge is 2.16. The summed E-state index contributed by atoms with van der Waals surface area (Å²) in [6.45, 7) is 12.0. The van der Waals surface area contributed by atoms with Crippen molar-refractivity contribution in [3.8, 4) is 0 Å². The summed E-state index contributed by atoms with van der Waals surface area (Å²) in [5.41, 5.74) is 2.47. The summed E-state index contributed by atoms with van der Waals surface area (Å²) in [5.74, 6) is 1.92. The number of aliphatic imine (C=N–C) groups is 1. The molecule has 0 aliphatic carbocycles. The number of aromatic nitrogens is 1. The summed E-state index contributed by atoms with van der Waals surface area (Å²) in [5, 5.41) is 11.0. The van der Waals surface area contributed by atoms with Gasteiger partial charge in [0.2, 0.25) is 0 Å². The number of guanidine groups is 1. The molecule has 3 heterocycles. The number of nitrogens with one attached hydrogen (secondary N) is 2. The van der Waals surface area contributed by atoms with Crippen LogP contribution in [0.2, 0.25) is 0 Å². The number of nitrogens with zero attached hydrogens (tertiary/aromatic N) is 4. The lowest BCUT2D eigenvalue weighted by Gasteiger charge is -2.34. The van der Waals surface area contributed by atoms with Gasteiger partial charge in [-0.25, -0.2) is 9.98 Å². The highest BCUT2D eigenvalue weighted by molar-refractivity contribution is 7.07. The predicted molar refractivity (Wildman–Crippen MR) is 115 cm³/mol. The number of likely N-dealkylation sites (N-methyl/N-ethyl adjacent to an activating group) is 1. The molecule has 1 aliphatic heterocycles. The Kier molecular flexibility index (Phi) is 7.47. The van der Waals surface area contributed by atoms with Crippen LogP contribution in [-0.4, -0.2) is 55.1 Å². The Morgan fingerprint density at radius 3 is 2.70 bits per heavy atom. The minimum absolute atomic E-state index is 0.697. The van der Waals surface area contributed by atoms with Gasteiger partial charge in [0.15, 0.2) is 5.96 Å². The van der Waals surface area contributed by atoms with Crippen LogP contribution in [0.4, 0.5) is 5.82 Å². The monoisotopic (exact) mass is 386 g/mol. The quantitative estimate of drug-likeness (QED) is 0.566. The second-order valence-corrected chi connectivity index (χ2v) is 7.40. The number of hydrogen-bond acceptors (Lipinski definition) is 5. The van der Waals surface area contributed by atoms with E-state index in [1.165, 1.54) is 11.1 Å². The van der Waals surface area contributed by atoms with Crippen LogP contribution in [0.3, 0.4) is 0 Å². The Bertz CT molecular complexity index is 707. The van der Waals surface area contributed by atoms with Crippen LogP contribution in [0.25, 0.3) is 0 Å². The van der Waals surface area contributed by atoms with Crippen LogP contribution < -0.4 is 15.5 Å². The van der Waals surface area contributed by atoms with Gasteiger partial charge in [-0.3, -0.25) is 0 Å². The maximum Gasteiger partial charge on any atom is 0.191 e. The van der Waals surface area contributed by atoms with Crippen molar-refractivity contribution in [3.05, 3.63) is 46.3 Å². The molecule has 6 nitrogen and oxygen atoms in total. The van der Waals surface area contributed by atoms with Gasteiger partial charge in [0.25, 0.3) is 0 Å². The summed E-state index contributed by atoms with van der Waals surface area (Å²) in [4.78, 5) is 14.1. The summed E-state index contributed by atoms with van der Waals surface area (Å²) in [6.07, 6.45) is 1.91. The van der Waals surface area contributed by atoms with Gasteiger partial charge in [0.1, 0.15) is 5.82 Å². The molecule has 2 aromatic rings. The van der Waals surface area contributed by atoms with Gasteiger partial charge in [-0.2, -0.15) is 11.3 Å². The van der Waals surface area contributed by atoms with Crippen molar-refractivity contribution in [2.24, 2.45) is 4.99 Å².